The Morgan fingerprint density at radius 3 is 2.47 bits per heavy atom. The average molecular weight is 485 g/mol. The first-order chi connectivity index (χ1) is 14.3. The standard InChI is InChI=1S/C20H22Cl2N4O2S2/c21-13-3-7-16(22)17(11-13)25-30(27,28)15-6-8-19(26-9-1-2-10-26)18(12-15)24-20(29)23-14-4-5-14/h3,6-8,11-12,14,25H,1-2,4-5,9-10H2,(H2,23,24,29). The molecule has 1 heterocycles. The number of hydrogen-bond acceptors (Lipinski definition) is 4. The van der Waals surface area contributed by atoms with Gasteiger partial charge in [-0.25, -0.2) is 8.42 Å². The van der Waals surface area contributed by atoms with Crippen LogP contribution in [0.3, 0.4) is 0 Å². The van der Waals surface area contributed by atoms with Crippen molar-refractivity contribution in [3.63, 3.8) is 0 Å². The van der Waals surface area contributed by atoms with E-state index >= 15 is 0 Å². The number of nitrogens with zero attached hydrogens (tertiary/aromatic N) is 1. The van der Waals surface area contributed by atoms with Crippen molar-refractivity contribution in [3.05, 3.63) is 46.4 Å². The Hall–Kier alpha value is -1.74. The third kappa shape index (κ3) is 5.11. The fourth-order valence-corrected chi connectivity index (χ4v) is 5.13. The van der Waals surface area contributed by atoms with Crippen molar-refractivity contribution in [2.45, 2.75) is 36.6 Å². The lowest BCUT2D eigenvalue weighted by Crippen LogP contribution is -2.31. The first-order valence-electron chi connectivity index (χ1n) is 9.76. The summed E-state index contributed by atoms with van der Waals surface area (Å²) in [4.78, 5) is 2.35. The van der Waals surface area contributed by atoms with Gasteiger partial charge in [-0.3, -0.25) is 4.72 Å². The number of anilines is 3. The lowest BCUT2D eigenvalue weighted by Gasteiger charge is -2.23. The Kier molecular flexibility index (Phi) is 6.29. The van der Waals surface area contributed by atoms with Crippen LogP contribution in [0.5, 0.6) is 0 Å². The van der Waals surface area contributed by atoms with E-state index in [0.717, 1.165) is 44.5 Å². The van der Waals surface area contributed by atoms with Gasteiger partial charge in [0.25, 0.3) is 10.0 Å². The second-order valence-electron chi connectivity index (χ2n) is 7.48. The van der Waals surface area contributed by atoms with Gasteiger partial charge >= 0.3 is 0 Å². The minimum absolute atomic E-state index is 0.109. The molecule has 2 aliphatic rings. The number of hydrogen-bond donors (Lipinski definition) is 3. The fourth-order valence-electron chi connectivity index (χ4n) is 3.37. The predicted molar refractivity (Wildman–Crippen MR) is 128 cm³/mol. The zero-order valence-electron chi connectivity index (χ0n) is 16.1. The number of thiocarbonyl (C=S) groups is 1. The van der Waals surface area contributed by atoms with Crippen molar-refractivity contribution < 1.29 is 8.42 Å². The molecule has 2 aromatic carbocycles. The van der Waals surface area contributed by atoms with E-state index in [0.29, 0.717) is 21.9 Å². The lowest BCUT2D eigenvalue weighted by atomic mass is 10.2. The minimum atomic E-state index is -3.88. The van der Waals surface area contributed by atoms with Crippen molar-refractivity contribution in [2.24, 2.45) is 0 Å². The van der Waals surface area contributed by atoms with E-state index in [9.17, 15) is 8.42 Å². The first kappa shape index (κ1) is 21.5. The topological polar surface area (TPSA) is 73.5 Å². The average Bonchev–Trinajstić information content (AvgIpc) is 3.33. The fraction of sp³-hybridized carbons (Fsp3) is 0.350. The molecule has 0 atom stereocenters. The molecule has 2 fully saturated rings. The second kappa shape index (κ2) is 8.78. The van der Waals surface area contributed by atoms with Gasteiger partial charge in [-0.2, -0.15) is 0 Å². The van der Waals surface area contributed by atoms with Gasteiger partial charge in [0.05, 0.1) is 27.0 Å². The molecule has 1 saturated carbocycles. The molecule has 6 nitrogen and oxygen atoms in total. The molecule has 4 rings (SSSR count). The number of rotatable bonds is 6. The summed E-state index contributed by atoms with van der Waals surface area (Å²) in [7, 11) is -3.88. The van der Waals surface area contributed by atoms with Gasteiger partial charge in [0.1, 0.15) is 0 Å². The largest absolute Gasteiger partial charge is 0.370 e. The first-order valence-corrected chi connectivity index (χ1v) is 12.4. The molecule has 0 unspecified atom stereocenters. The molecule has 160 valence electrons. The van der Waals surface area contributed by atoms with Crippen LogP contribution in [0.15, 0.2) is 41.3 Å². The number of sulfonamides is 1. The summed E-state index contributed by atoms with van der Waals surface area (Å²) in [5.41, 5.74) is 1.83. The number of nitrogens with one attached hydrogen (secondary N) is 3. The smallest absolute Gasteiger partial charge is 0.262 e. The summed E-state index contributed by atoms with van der Waals surface area (Å²) >= 11 is 17.5. The Morgan fingerprint density at radius 1 is 1.03 bits per heavy atom. The zero-order chi connectivity index (χ0) is 21.3. The van der Waals surface area contributed by atoms with Crippen LogP contribution in [0.4, 0.5) is 17.1 Å². The maximum Gasteiger partial charge on any atom is 0.262 e. The predicted octanol–water partition coefficient (Wildman–Crippen LogP) is 4.84. The maximum absolute atomic E-state index is 13.0. The van der Waals surface area contributed by atoms with Crippen LogP contribution in [-0.4, -0.2) is 32.7 Å². The Balaban J connectivity index is 1.64. The minimum Gasteiger partial charge on any atom is -0.370 e. The molecule has 1 aliphatic carbocycles. The SMILES string of the molecule is O=S(=O)(Nc1cc(Cl)ccc1Cl)c1ccc(N2CCCC2)c(NC(=S)NC2CC2)c1. The van der Waals surface area contributed by atoms with E-state index in [2.05, 4.69) is 20.3 Å². The van der Waals surface area contributed by atoms with Crippen molar-refractivity contribution in [3.8, 4) is 0 Å². The Bertz CT molecular complexity index is 1070. The normalized spacial score (nSPS) is 16.4. The van der Waals surface area contributed by atoms with Gasteiger partial charge in [0.2, 0.25) is 0 Å². The molecule has 0 bridgehead atoms. The van der Waals surface area contributed by atoms with Crippen molar-refractivity contribution in [2.75, 3.05) is 28.0 Å². The highest BCUT2D eigenvalue weighted by Crippen LogP contribution is 2.33. The van der Waals surface area contributed by atoms with E-state index in [-0.39, 0.29) is 15.6 Å². The molecule has 1 saturated heterocycles. The quantitative estimate of drug-likeness (QED) is 0.509. The highest BCUT2D eigenvalue weighted by molar-refractivity contribution is 7.92. The molecular formula is C20H22Cl2N4O2S2. The van der Waals surface area contributed by atoms with E-state index < -0.39 is 10.0 Å². The van der Waals surface area contributed by atoms with Crippen LogP contribution in [0.25, 0.3) is 0 Å². The summed E-state index contributed by atoms with van der Waals surface area (Å²) in [6, 6.07) is 10.1. The van der Waals surface area contributed by atoms with Crippen molar-refractivity contribution >= 4 is 67.6 Å². The summed E-state index contributed by atoms with van der Waals surface area (Å²) < 4.78 is 28.6. The van der Waals surface area contributed by atoms with Gasteiger partial charge in [-0.1, -0.05) is 23.2 Å². The van der Waals surface area contributed by atoms with E-state index in [1.807, 2.05) is 6.07 Å². The zero-order valence-corrected chi connectivity index (χ0v) is 19.3. The molecule has 0 radical (unpaired) electrons. The van der Waals surface area contributed by atoms with Crippen LogP contribution in [0.2, 0.25) is 10.0 Å². The maximum atomic E-state index is 13.0. The summed E-state index contributed by atoms with van der Waals surface area (Å²) in [6.45, 7) is 1.86. The van der Waals surface area contributed by atoms with E-state index in [1.54, 1.807) is 24.3 Å². The third-order valence-corrected chi connectivity index (χ3v) is 7.21. The molecule has 1 aliphatic heterocycles. The lowest BCUT2D eigenvalue weighted by molar-refractivity contribution is 0.601. The van der Waals surface area contributed by atoms with Gasteiger partial charge in [0, 0.05) is 24.2 Å². The van der Waals surface area contributed by atoms with Gasteiger partial charge in [0.15, 0.2) is 5.11 Å². The molecule has 2 aromatic rings. The highest BCUT2D eigenvalue weighted by atomic mass is 35.5. The van der Waals surface area contributed by atoms with E-state index in [1.165, 1.54) is 6.07 Å². The van der Waals surface area contributed by atoms with Crippen LogP contribution in [0.1, 0.15) is 25.7 Å². The third-order valence-electron chi connectivity index (χ3n) is 5.06. The highest BCUT2D eigenvalue weighted by Gasteiger charge is 2.24. The van der Waals surface area contributed by atoms with Crippen molar-refractivity contribution in [1.82, 2.24) is 5.32 Å². The molecule has 0 amide bonds. The summed E-state index contributed by atoms with van der Waals surface area (Å²) in [5, 5.41) is 7.59. The van der Waals surface area contributed by atoms with Gasteiger partial charge < -0.3 is 15.5 Å². The molecular weight excluding hydrogens is 463 g/mol. The van der Waals surface area contributed by atoms with Crippen LogP contribution in [0, 0.1) is 0 Å². The summed E-state index contributed by atoms with van der Waals surface area (Å²) in [6.07, 6.45) is 4.41. The number of benzene rings is 2. The number of halogens is 2. The van der Waals surface area contributed by atoms with E-state index in [4.69, 9.17) is 35.4 Å². The Labute approximate surface area is 192 Å². The monoisotopic (exact) mass is 484 g/mol. The summed E-state index contributed by atoms with van der Waals surface area (Å²) in [5.74, 6) is 0. The van der Waals surface area contributed by atoms with Crippen LogP contribution in [-0.2, 0) is 10.0 Å². The van der Waals surface area contributed by atoms with Crippen molar-refractivity contribution in [1.29, 1.82) is 0 Å². The van der Waals surface area contributed by atoms with Gasteiger partial charge in [-0.15, -0.1) is 0 Å². The molecule has 3 N–H and O–H groups in total. The molecule has 10 heteroatoms. The molecule has 30 heavy (non-hydrogen) atoms. The Morgan fingerprint density at radius 2 is 1.77 bits per heavy atom. The van der Waals surface area contributed by atoms with Crippen LogP contribution >= 0.6 is 35.4 Å². The molecule has 0 spiro atoms. The molecule has 0 aromatic heterocycles. The van der Waals surface area contributed by atoms with Gasteiger partial charge in [-0.05, 0) is 74.3 Å². The second-order valence-corrected chi connectivity index (χ2v) is 10.4. The van der Waals surface area contributed by atoms with Crippen LogP contribution < -0.4 is 20.3 Å².